The Morgan fingerprint density at radius 2 is 2.17 bits per heavy atom. The molecule has 1 aromatic carbocycles. The largest absolute Gasteiger partial charge is 0.495 e. The average molecular weight is 333 g/mol. The van der Waals surface area contributed by atoms with Gasteiger partial charge in [0.05, 0.1) is 12.1 Å². The second kappa shape index (κ2) is 5.77. The van der Waals surface area contributed by atoms with Gasteiger partial charge in [-0.25, -0.2) is 9.50 Å². The second-order valence-electron chi connectivity index (χ2n) is 4.89. The molecule has 0 aliphatic heterocycles. The monoisotopic (exact) mass is 332 g/mol. The molecule has 0 fully saturated rings. The Bertz CT molecular complexity index is 961. The molecule has 0 unspecified atom stereocenters. The Morgan fingerprint density at radius 3 is 2.87 bits per heavy atom. The summed E-state index contributed by atoms with van der Waals surface area (Å²) in [5.41, 5.74) is 1.30. The number of nitrogens with one attached hydrogen (secondary N) is 2. The number of aryl methyl sites for hydroxylation is 1. The summed E-state index contributed by atoms with van der Waals surface area (Å²) in [5, 5.41) is 5.81. The van der Waals surface area contributed by atoms with E-state index in [0.29, 0.717) is 22.2 Å². The molecule has 2 aromatic heterocycles. The molecule has 0 atom stereocenters. The van der Waals surface area contributed by atoms with E-state index in [2.05, 4.69) is 15.4 Å². The number of benzene rings is 1. The van der Waals surface area contributed by atoms with Crippen LogP contribution in [0.5, 0.6) is 5.75 Å². The lowest BCUT2D eigenvalue weighted by Crippen LogP contribution is -2.16. The third-order valence-electron chi connectivity index (χ3n) is 3.28. The molecule has 2 heterocycles. The Balaban J connectivity index is 1.95. The maximum absolute atomic E-state index is 12.4. The van der Waals surface area contributed by atoms with E-state index in [9.17, 15) is 9.59 Å². The van der Waals surface area contributed by atoms with E-state index < -0.39 is 5.91 Å². The van der Waals surface area contributed by atoms with E-state index in [-0.39, 0.29) is 16.8 Å². The number of halogens is 1. The molecule has 7 nitrogen and oxygen atoms in total. The van der Waals surface area contributed by atoms with Gasteiger partial charge in [-0.15, -0.1) is 0 Å². The number of carbonyl (C=O) groups is 1. The van der Waals surface area contributed by atoms with Crippen molar-refractivity contribution in [2.24, 2.45) is 0 Å². The predicted octanol–water partition coefficient (Wildman–Crippen LogP) is 2.25. The van der Waals surface area contributed by atoms with Crippen molar-refractivity contribution in [3.63, 3.8) is 0 Å². The van der Waals surface area contributed by atoms with Gasteiger partial charge in [0.15, 0.2) is 5.65 Å². The molecule has 2 N–H and O–H groups in total. The molecule has 0 bridgehead atoms. The number of hydrogen-bond acceptors (Lipinski definition) is 4. The van der Waals surface area contributed by atoms with Crippen molar-refractivity contribution in [3.05, 3.63) is 57.1 Å². The zero-order valence-electron chi connectivity index (χ0n) is 12.4. The summed E-state index contributed by atoms with van der Waals surface area (Å²) in [6.07, 6.45) is 1.43. The molecule has 23 heavy (non-hydrogen) atoms. The first-order valence-electron chi connectivity index (χ1n) is 6.72. The standard InChI is InChI=1S/C15H13ClN4O3/c1-8-5-13(21)20-14(18-8)10(7-17-20)15(22)19-9-3-4-12(23-2)11(16)6-9/h3-7,17H,1-2H3,(H,19,22). The van der Waals surface area contributed by atoms with E-state index in [1.165, 1.54) is 23.9 Å². The highest BCUT2D eigenvalue weighted by Gasteiger charge is 2.15. The number of aromatic nitrogens is 3. The van der Waals surface area contributed by atoms with Gasteiger partial charge in [0, 0.05) is 23.6 Å². The van der Waals surface area contributed by atoms with Crippen LogP contribution in [0.3, 0.4) is 0 Å². The Morgan fingerprint density at radius 1 is 1.39 bits per heavy atom. The topological polar surface area (TPSA) is 88.5 Å². The second-order valence-corrected chi connectivity index (χ2v) is 5.29. The van der Waals surface area contributed by atoms with Crippen LogP contribution in [-0.4, -0.2) is 27.6 Å². The van der Waals surface area contributed by atoms with Gasteiger partial charge in [0.2, 0.25) is 0 Å². The molecule has 0 saturated carbocycles. The lowest BCUT2D eigenvalue weighted by atomic mass is 10.2. The number of carbonyl (C=O) groups excluding carboxylic acids is 1. The van der Waals surface area contributed by atoms with E-state index in [1.807, 2.05) is 0 Å². The molecular formula is C15H13ClN4O3. The van der Waals surface area contributed by atoms with Crippen molar-refractivity contribution in [2.75, 3.05) is 12.4 Å². The van der Waals surface area contributed by atoms with E-state index in [0.717, 1.165) is 0 Å². The maximum atomic E-state index is 12.4. The van der Waals surface area contributed by atoms with E-state index in [4.69, 9.17) is 16.3 Å². The van der Waals surface area contributed by atoms with Crippen LogP contribution in [0.15, 0.2) is 35.3 Å². The highest BCUT2D eigenvalue weighted by atomic mass is 35.5. The number of hydrogen-bond donors (Lipinski definition) is 2. The lowest BCUT2D eigenvalue weighted by molar-refractivity contribution is 0.102. The summed E-state index contributed by atoms with van der Waals surface area (Å²) in [6.45, 7) is 1.69. The minimum Gasteiger partial charge on any atom is -0.495 e. The number of anilines is 1. The maximum Gasteiger partial charge on any atom is 0.272 e. The molecule has 0 aliphatic carbocycles. The summed E-state index contributed by atoms with van der Waals surface area (Å²) in [6, 6.07) is 6.29. The number of fused-ring (bicyclic) bond motifs is 1. The first kappa shape index (κ1) is 15.1. The van der Waals surface area contributed by atoms with Crippen molar-refractivity contribution in [1.29, 1.82) is 0 Å². The zero-order chi connectivity index (χ0) is 16.6. The normalized spacial score (nSPS) is 10.7. The summed E-state index contributed by atoms with van der Waals surface area (Å²) >= 11 is 6.03. The minimum atomic E-state index is -0.400. The molecule has 3 aromatic rings. The minimum absolute atomic E-state index is 0.262. The fraction of sp³-hybridized carbons (Fsp3) is 0.133. The van der Waals surface area contributed by atoms with Crippen molar-refractivity contribution < 1.29 is 9.53 Å². The van der Waals surface area contributed by atoms with Gasteiger partial charge in [-0.2, -0.15) is 0 Å². The summed E-state index contributed by atoms with van der Waals surface area (Å²) in [5.74, 6) is 0.114. The van der Waals surface area contributed by atoms with E-state index >= 15 is 0 Å². The Hall–Kier alpha value is -2.80. The fourth-order valence-corrected chi connectivity index (χ4v) is 2.46. The SMILES string of the molecule is COc1ccc(NC(=O)c2c[nH]n3c(=O)cc(C)nc23)cc1Cl. The molecule has 8 heteroatoms. The summed E-state index contributed by atoms with van der Waals surface area (Å²) in [4.78, 5) is 28.5. The average Bonchev–Trinajstić information content (AvgIpc) is 2.91. The van der Waals surface area contributed by atoms with Crippen LogP contribution in [0.25, 0.3) is 5.65 Å². The van der Waals surface area contributed by atoms with Gasteiger partial charge in [0.25, 0.3) is 11.5 Å². The molecule has 0 saturated heterocycles. The molecule has 3 rings (SSSR count). The van der Waals surface area contributed by atoms with Crippen LogP contribution in [0.2, 0.25) is 5.02 Å². The number of amides is 1. The van der Waals surface area contributed by atoms with Crippen molar-refractivity contribution in [1.82, 2.24) is 14.6 Å². The molecule has 1 amide bonds. The van der Waals surface area contributed by atoms with Crippen LogP contribution in [0, 0.1) is 6.92 Å². The molecule has 0 radical (unpaired) electrons. The van der Waals surface area contributed by atoms with E-state index in [1.54, 1.807) is 25.1 Å². The first-order chi connectivity index (χ1) is 11.0. The fourth-order valence-electron chi connectivity index (χ4n) is 2.21. The van der Waals surface area contributed by atoms with Gasteiger partial charge in [-0.3, -0.25) is 14.7 Å². The van der Waals surface area contributed by atoms with Gasteiger partial charge in [-0.05, 0) is 25.1 Å². The van der Waals surface area contributed by atoms with Gasteiger partial charge >= 0.3 is 0 Å². The van der Waals surface area contributed by atoms with Crippen LogP contribution >= 0.6 is 11.6 Å². The third kappa shape index (κ3) is 2.78. The van der Waals surface area contributed by atoms with Crippen LogP contribution in [0.1, 0.15) is 16.1 Å². The van der Waals surface area contributed by atoms with Crippen LogP contribution < -0.4 is 15.6 Å². The highest BCUT2D eigenvalue weighted by Crippen LogP contribution is 2.27. The van der Waals surface area contributed by atoms with Crippen molar-refractivity contribution >= 4 is 28.8 Å². The smallest absolute Gasteiger partial charge is 0.272 e. The van der Waals surface area contributed by atoms with Crippen molar-refractivity contribution in [3.8, 4) is 5.75 Å². The molecular weight excluding hydrogens is 320 g/mol. The van der Waals surface area contributed by atoms with Crippen LogP contribution in [-0.2, 0) is 0 Å². The predicted molar refractivity (Wildman–Crippen MR) is 86.5 cm³/mol. The summed E-state index contributed by atoms with van der Waals surface area (Å²) in [7, 11) is 1.51. The third-order valence-corrected chi connectivity index (χ3v) is 3.58. The Labute approximate surface area is 135 Å². The summed E-state index contributed by atoms with van der Waals surface area (Å²) < 4.78 is 6.27. The molecule has 0 spiro atoms. The number of nitrogens with zero attached hydrogens (tertiary/aromatic N) is 2. The van der Waals surface area contributed by atoms with Gasteiger partial charge in [-0.1, -0.05) is 11.6 Å². The van der Waals surface area contributed by atoms with Crippen LogP contribution in [0.4, 0.5) is 5.69 Å². The number of H-pyrrole nitrogens is 1. The number of aromatic amines is 1. The van der Waals surface area contributed by atoms with Crippen molar-refractivity contribution in [2.45, 2.75) is 6.92 Å². The Kier molecular flexibility index (Phi) is 3.79. The quantitative estimate of drug-likeness (QED) is 0.770. The zero-order valence-corrected chi connectivity index (χ0v) is 13.1. The lowest BCUT2D eigenvalue weighted by Gasteiger charge is -2.07. The number of rotatable bonds is 3. The first-order valence-corrected chi connectivity index (χ1v) is 7.10. The molecule has 0 aliphatic rings. The number of ether oxygens (including phenoxy) is 1. The highest BCUT2D eigenvalue weighted by molar-refractivity contribution is 6.32. The van der Waals surface area contributed by atoms with Gasteiger partial charge in [0.1, 0.15) is 11.3 Å². The van der Waals surface area contributed by atoms with Gasteiger partial charge < -0.3 is 10.1 Å². The number of methoxy groups -OCH3 is 1. The molecule has 118 valence electrons.